The second-order valence-corrected chi connectivity index (χ2v) is 7.75. The number of hydrogen-bond donors (Lipinski definition) is 1. The summed E-state index contributed by atoms with van der Waals surface area (Å²) in [7, 11) is -3.84. The number of anilines is 1. The summed E-state index contributed by atoms with van der Waals surface area (Å²) in [4.78, 5) is 12.4. The number of rotatable bonds is 6. The number of amides is 1. The summed E-state index contributed by atoms with van der Waals surface area (Å²) in [5, 5.41) is 2.69. The fourth-order valence-electron chi connectivity index (χ4n) is 2.45. The topological polar surface area (TPSA) is 66.5 Å². The number of halogens is 1. The molecule has 0 aliphatic rings. The molecular weight excluding hydrogens is 343 g/mol. The van der Waals surface area contributed by atoms with Crippen LogP contribution in [0.3, 0.4) is 0 Å². The normalized spacial score (nSPS) is 12.5. The van der Waals surface area contributed by atoms with E-state index in [1.54, 1.807) is 0 Å². The molecule has 5 nitrogen and oxygen atoms in total. The Labute approximate surface area is 147 Å². The van der Waals surface area contributed by atoms with Crippen LogP contribution >= 0.6 is 0 Å². The maximum Gasteiger partial charge on any atom is 0.243 e. The summed E-state index contributed by atoms with van der Waals surface area (Å²) in [5.41, 5.74) is 1.84. The Kier molecular flexibility index (Phi) is 5.79. The van der Waals surface area contributed by atoms with E-state index < -0.39 is 27.8 Å². The van der Waals surface area contributed by atoms with Crippen LogP contribution in [0.4, 0.5) is 10.1 Å². The molecule has 0 aliphatic carbocycles. The van der Waals surface area contributed by atoms with Gasteiger partial charge in [0.25, 0.3) is 0 Å². The first-order valence-corrected chi connectivity index (χ1v) is 9.62. The zero-order valence-electron chi connectivity index (χ0n) is 14.4. The number of aryl methyl sites for hydroxylation is 1. The number of benzene rings is 2. The standard InChI is InChI=1S/C18H21FN2O3S/c1-13-8-10-15(11-9-13)12-20-18(22)14(2)21(25(3,23)24)17-7-5-4-6-16(17)19/h4-11,14H,12H2,1-3H3,(H,20,22)/t14-/m1/s1. The first-order valence-electron chi connectivity index (χ1n) is 7.77. The van der Waals surface area contributed by atoms with Crippen molar-refractivity contribution >= 4 is 21.6 Å². The molecule has 134 valence electrons. The minimum atomic E-state index is -3.84. The molecule has 1 amide bonds. The van der Waals surface area contributed by atoms with Crippen molar-refractivity contribution in [2.75, 3.05) is 10.6 Å². The van der Waals surface area contributed by atoms with Gasteiger partial charge in [0.05, 0.1) is 11.9 Å². The van der Waals surface area contributed by atoms with Gasteiger partial charge in [0.15, 0.2) is 0 Å². The Hall–Kier alpha value is -2.41. The number of carbonyl (C=O) groups is 1. The van der Waals surface area contributed by atoms with E-state index in [1.807, 2.05) is 31.2 Å². The lowest BCUT2D eigenvalue weighted by molar-refractivity contribution is -0.122. The van der Waals surface area contributed by atoms with Gasteiger partial charge in [-0.2, -0.15) is 0 Å². The van der Waals surface area contributed by atoms with E-state index in [4.69, 9.17) is 0 Å². The molecule has 1 N–H and O–H groups in total. The van der Waals surface area contributed by atoms with Crippen LogP contribution in [0.2, 0.25) is 0 Å². The molecule has 0 saturated carbocycles. The van der Waals surface area contributed by atoms with Crippen molar-refractivity contribution in [3.8, 4) is 0 Å². The molecule has 0 aromatic heterocycles. The van der Waals surface area contributed by atoms with E-state index in [0.29, 0.717) is 0 Å². The summed E-state index contributed by atoms with van der Waals surface area (Å²) in [6.07, 6.45) is 0.948. The van der Waals surface area contributed by atoms with Gasteiger partial charge in [-0.05, 0) is 31.5 Å². The minimum Gasteiger partial charge on any atom is -0.350 e. The van der Waals surface area contributed by atoms with Crippen LogP contribution in [0.5, 0.6) is 0 Å². The van der Waals surface area contributed by atoms with Crippen LogP contribution in [-0.4, -0.2) is 26.6 Å². The van der Waals surface area contributed by atoms with E-state index in [-0.39, 0.29) is 12.2 Å². The van der Waals surface area contributed by atoms with E-state index in [9.17, 15) is 17.6 Å². The van der Waals surface area contributed by atoms with Crippen molar-refractivity contribution in [3.63, 3.8) is 0 Å². The lowest BCUT2D eigenvalue weighted by Crippen LogP contribution is -2.48. The first-order chi connectivity index (χ1) is 11.7. The molecule has 0 radical (unpaired) electrons. The van der Waals surface area contributed by atoms with Gasteiger partial charge in [0.2, 0.25) is 15.9 Å². The average molecular weight is 364 g/mol. The quantitative estimate of drug-likeness (QED) is 0.857. The third-order valence-electron chi connectivity index (χ3n) is 3.77. The van der Waals surface area contributed by atoms with Gasteiger partial charge >= 0.3 is 0 Å². The Balaban J connectivity index is 2.19. The molecule has 0 bridgehead atoms. The fourth-order valence-corrected chi connectivity index (χ4v) is 3.63. The van der Waals surface area contributed by atoms with Gasteiger partial charge in [-0.15, -0.1) is 0 Å². The Morgan fingerprint density at radius 1 is 1.16 bits per heavy atom. The molecule has 0 heterocycles. The molecule has 0 aliphatic heterocycles. The first kappa shape index (κ1) is 18.9. The summed E-state index contributed by atoms with van der Waals surface area (Å²) in [6, 6.07) is 12.0. The Bertz CT molecular complexity index is 851. The summed E-state index contributed by atoms with van der Waals surface area (Å²) < 4.78 is 39.1. The molecule has 2 aromatic rings. The Morgan fingerprint density at radius 2 is 1.76 bits per heavy atom. The van der Waals surface area contributed by atoms with Crippen LogP contribution in [0.1, 0.15) is 18.1 Å². The maximum atomic E-state index is 14.0. The number of carbonyl (C=O) groups excluding carboxylic acids is 1. The van der Waals surface area contributed by atoms with Crippen molar-refractivity contribution in [2.45, 2.75) is 26.4 Å². The third kappa shape index (κ3) is 4.79. The number of nitrogens with one attached hydrogen (secondary N) is 1. The lowest BCUT2D eigenvalue weighted by atomic mass is 10.1. The van der Waals surface area contributed by atoms with Gasteiger partial charge in [-0.3, -0.25) is 9.10 Å². The second-order valence-electron chi connectivity index (χ2n) is 5.89. The molecule has 7 heteroatoms. The zero-order chi connectivity index (χ0) is 18.6. The van der Waals surface area contributed by atoms with Crippen molar-refractivity contribution < 1.29 is 17.6 Å². The highest BCUT2D eigenvalue weighted by molar-refractivity contribution is 7.92. The van der Waals surface area contributed by atoms with Crippen molar-refractivity contribution in [1.82, 2.24) is 5.32 Å². The van der Waals surface area contributed by atoms with E-state index in [2.05, 4.69) is 5.32 Å². The second kappa shape index (κ2) is 7.65. The molecule has 0 saturated heterocycles. The van der Waals surface area contributed by atoms with Crippen LogP contribution < -0.4 is 9.62 Å². The molecule has 0 unspecified atom stereocenters. The SMILES string of the molecule is Cc1ccc(CNC(=O)[C@@H](C)N(c2ccccc2F)S(C)(=O)=O)cc1. The summed E-state index contributed by atoms with van der Waals surface area (Å²) in [6.45, 7) is 3.65. The number of sulfonamides is 1. The maximum absolute atomic E-state index is 14.0. The van der Waals surface area contributed by atoms with Gasteiger partial charge in [0, 0.05) is 6.54 Å². The highest BCUT2D eigenvalue weighted by atomic mass is 32.2. The summed E-state index contributed by atoms with van der Waals surface area (Å²) >= 11 is 0. The van der Waals surface area contributed by atoms with E-state index >= 15 is 0 Å². The van der Waals surface area contributed by atoms with E-state index in [1.165, 1.54) is 25.1 Å². The predicted molar refractivity (Wildman–Crippen MR) is 96.2 cm³/mol. The molecular formula is C18H21FN2O3S. The smallest absolute Gasteiger partial charge is 0.243 e. The van der Waals surface area contributed by atoms with Crippen LogP contribution in [-0.2, 0) is 21.4 Å². The largest absolute Gasteiger partial charge is 0.350 e. The number of hydrogen-bond acceptors (Lipinski definition) is 3. The molecule has 25 heavy (non-hydrogen) atoms. The van der Waals surface area contributed by atoms with Gasteiger partial charge < -0.3 is 5.32 Å². The van der Waals surface area contributed by atoms with Crippen molar-refractivity contribution in [2.24, 2.45) is 0 Å². The third-order valence-corrected chi connectivity index (χ3v) is 4.99. The molecule has 2 rings (SSSR count). The number of para-hydroxylation sites is 1. The van der Waals surface area contributed by atoms with Crippen molar-refractivity contribution in [3.05, 3.63) is 65.5 Å². The highest BCUT2D eigenvalue weighted by Crippen LogP contribution is 2.24. The summed E-state index contributed by atoms with van der Waals surface area (Å²) in [5.74, 6) is -1.21. The van der Waals surface area contributed by atoms with Crippen molar-refractivity contribution in [1.29, 1.82) is 0 Å². The lowest BCUT2D eigenvalue weighted by Gasteiger charge is -2.28. The highest BCUT2D eigenvalue weighted by Gasteiger charge is 2.30. The average Bonchev–Trinajstić information content (AvgIpc) is 2.54. The molecule has 0 spiro atoms. The molecule has 2 aromatic carbocycles. The van der Waals surface area contributed by atoms with E-state index in [0.717, 1.165) is 27.8 Å². The van der Waals surface area contributed by atoms with Crippen LogP contribution in [0.25, 0.3) is 0 Å². The minimum absolute atomic E-state index is 0.150. The van der Waals surface area contributed by atoms with Crippen LogP contribution in [0.15, 0.2) is 48.5 Å². The Morgan fingerprint density at radius 3 is 2.32 bits per heavy atom. The zero-order valence-corrected chi connectivity index (χ0v) is 15.2. The van der Waals surface area contributed by atoms with Gasteiger partial charge in [-0.25, -0.2) is 12.8 Å². The molecule has 1 atom stereocenters. The predicted octanol–water partition coefficient (Wildman–Crippen LogP) is 2.61. The monoisotopic (exact) mass is 364 g/mol. The van der Waals surface area contributed by atoms with Gasteiger partial charge in [0.1, 0.15) is 11.9 Å². The fraction of sp³-hybridized carbons (Fsp3) is 0.278. The van der Waals surface area contributed by atoms with Gasteiger partial charge in [-0.1, -0.05) is 42.0 Å². The molecule has 0 fully saturated rings. The van der Waals surface area contributed by atoms with Crippen LogP contribution in [0, 0.1) is 12.7 Å². The number of nitrogens with zero attached hydrogens (tertiary/aromatic N) is 1.